The lowest BCUT2D eigenvalue weighted by Gasteiger charge is -2.26. The Balaban J connectivity index is 2.10. The molecule has 21 heavy (non-hydrogen) atoms. The molecule has 0 bridgehead atoms. The topological polar surface area (TPSA) is 75.6 Å². The van der Waals surface area contributed by atoms with Crippen molar-refractivity contribution in [2.45, 2.75) is 49.0 Å². The molecule has 2 N–H and O–H groups in total. The Morgan fingerprint density at radius 1 is 1.19 bits per heavy atom. The lowest BCUT2D eigenvalue weighted by atomic mass is 9.95. The molecular formula is C15H23NO4S. The Kier molecular flexibility index (Phi) is 5.24. The standard InChI is InChI=1S/C15H23NO4S/c1-20-13-8-4-5-9-14(13)21(18,19)16-12-15(17)10-6-2-3-7-11-15/h4-5,8-9,16-17H,2-3,6-7,10-12H2,1H3. The smallest absolute Gasteiger partial charge is 0.244 e. The molecule has 5 nitrogen and oxygen atoms in total. The molecule has 1 aliphatic rings. The lowest BCUT2D eigenvalue weighted by Crippen LogP contribution is -2.42. The molecule has 1 aromatic carbocycles. The third kappa shape index (κ3) is 4.18. The number of hydrogen-bond donors (Lipinski definition) is 2. The summed E-state index contributed by atoms with van der Waals surface area (Å²) in [4.78, 5) is 0.102. The first kappa shape index (κ1) is 16.3. The monoisotopic (exact) mass is 313 g/mol. The Labute approximate surface area is 126 Å². The second kappa shape index (κ2) is 6.77. The molecule has 6 heteroatoms. The minimum atomic E-state index is -3.69. The zero-order valence-electron chi connectivity index (χ0n) is 12.3. The van der Waals surface area contributed by atoms with Gasteiger partial charge < -0.3 is 9.84 Å². The first-order valence-corrected chi connectivity index (χ1v) is 8.80. The maximum atomic E-state index is 12.4. The van der Waals surface area contributed by atoms with Crippen LogP contribution >= 0.6 is 0 Å². The summed E-state index contributed by atoms with van der Waals surface area (Å²) in [6.07, 6.45) is 5.35. The van der Waals surface area contributed by atoms with Gasteiger partial charge in [0.15, 0.2) is 0 Å². The highest BCUT2D eigenvalue weighted by Gasteiger charge is 2.30. The third-order valence-electron chi connectivity index (χ3n) is 3.98. The van der Waals surface area contributed by atoms with Crippen LogP contribution in [0.15, 0.2) is 29.2 Å². The average Bonchev–Trinajstić information content (AvgIpc) is 2.71. The number of aliphatic hydroxyl groups is 1. The molecule has 1 fully saturated rings. The number of nitrogens with one attached hydrogen (secondary N) is 1. The second-order valence-electron chi connectivity index (χ2n) is 5.61. The van der Waals surface area contributed by atoms with E-state index >= 15 is 0 Å². The Hall–Kier alpha value is -1.11. The van der Waals surface area contributed by atoms with E-state index in [0.717, 1.165) is 25.7 Å². The summed E-state index contributed by atoms with van der Waals surface area (Å²) >= 11 is 0. The second-order valence-corrected chi connectivity index (χ2v) is 7.35. The summed E-state index contributed by atoms with van der Waals surface area (Å²) in [7, 11) is -2.25. The summed E-state index contributed by atoms with van der Waals surface area (Å²) in [5.74, 6) is 0.304. The van der Waals surface area contributed by atoms with Gasteiger partial charge in [0.05, 0.1) is 12.7 Å². The first-order valence-electron chi connectivity index (χ1n) is 7.32. The molecule has 0 aliphatic heterocycles. The van der Waals surface area contributed by atoms with Crippen LogP contribution in [-0.4, -0.2) is 32.8 Å². The van der Waals surface area contributed by atoms with Crippen molar-refractivity contribution < 1.29 is 18.3 Å². The zero-order chi connectivity index (χ0) is 15.3. The highest BCUT2D eigenvalue weighted by Crippen LogP contribution is 2.28. The zero-order valence-corrected chi connectivity index (χ0v) is 13.2. The van der Waals surface area contributed by atoms with Crippen LogP contribution in [-0.2, 0) is 10.0 Å². The molecule has 1 saturated carbocycles. The van der Waals surface area contributed by atoms with Gasteiger partial charge in [0.2, 0.25) is 10.0 Å². The SMILES string of the molecule is COc1ccccc1S(=O)(=O)NCC1(O)CCCCCC1. The van der Waals surface area contributed by atoms with Crippen molar-refractivity contribution in [3.05, 3.63) is 24.3 Å². The molecule has 0 unspecified atom stereocenters. The van der Waals surface area contributed by atoms with Gasteiger partial charge in [0, 0.05) is 6.54 Å². The Morgan fingerprint density at radius 2 is 1.81 bits per heavy atom. The van der Waals surface area contributed by atoms with E-state index in [0.29, 0.717) is 18.6 Å². The summed E-state index contributed by atoms with van der Waals surface area (Å²) in [5, 5.41) is 10.5. The van der Waals surface area contributed by atoms with Crippen LogP contribution in [0.4, 0.5) is 0 Å². The molecular weight excluding hydrogens is 290 g/mol. The molecule has 0 heterocycles. The van der Waals surface area contributed by atoms with Crippen molar-refractivity contribution in [2.75, 3.05) is 13.7 Å². The van der Waals surface area contributed by atoms with Gasteiger partial charge >= 0.3 is 0 Å². The minimum absolute atomic E-state index is 0.0490. The van der Waals surface area contributed by atoms with Crippen LogP contribution < -0.4 is 9.46 Å². The van der Waals surface area contributed by atoms with Gasteiger partial charge in [-0.2, -0.15) is 0 Å². The molecule has 0 saturated heterocycles. The van der Waals surface area contributed by atoms with Crippen molar-refractivity contribution in [1.29, 1.82) is 0 Å². The lowest BCUT2D eigenvalue weighted by molar-refractivity contribution is 0.0303. The number of methoxy groups -OCH3 is 1. The molecule has 0 radical (unpaired) electrons. The Morgan fingerprint density at radius 3 is 2.43 bits per heavy atom. The molecule has 2 rings (SSSR count). The van der Waals surface area contributed by atoms with Crippen LogP contribution in [0.2, 0.25) is 0 Å². The quantitative estimate of drug-likeness (QED) is 0.816. The third-order valence-corrected chi connectivity index (χ3v) is 5.42. The van der Waals surface area contributed by atoms with Gasteiger partial charge in [-0.1, -0.05) is 37.8 Å². The van der Waals surface area contributed by atoms with E-state index in [2.05, 4.69) is 4.72 Å². The fourth-order valence-corrected chi connectivity index (χ4v) is 4.00. The highest BCUT2D eigenvalue weighted by atomic mass is 32.2. The van der Waals surface area contributed by atoms with E-state index in [4.69, 9.17) is 4.74 Å². The number of benzene rings is 1. The summed E-state index contributed by atoms with van der Waals surface area (Å²) in [6, 6.07) is 6.47. The van der Waals surface area contributed by atoms with Crippen molar-refractivity contribution in [3.8, 4) is 5.75 Å². The molecule has 0 atom stereocenters. The van der Waals surface area contributed by atoms with Gasteiger partial charge in [0.25, 0.3) is 0 Å². The van der Waals surface area contributed by atoms with E-state index in [1.165, 1.54) is 13.2 Å². The largest absolute Gasteiger partial charge is 0.495 e. The minimum Gasteiger partial charge on any atom is -0.495 e. The summed E-state index contributed by atoms with van der Waals surface area (Å²) in [5.41, 5.74) is -0.939. The first-order chi connectivity index (χ1) is 9.97. The normalized spacial score (nSPS) is 19.0. The van der Waals surface area contributed by atoms with E-state index in [1.807, 2.05) is 0 Å². The van der Waals surface area contributed by atoms with Crippen molar-refractivity contribution in [1.82, 2.24) is 4.72 Å². The number of para-hydroxylation sites is 1. The molecule has 0 amide bonds. The van der Waals surface area contributed by atoms with Crippen LogP contribution in [0, 0.1) is 0 Å². The predicted molar refractivity (Wildman–Crippen MR) is 80.8 cm³/mol. The van der Waals surface area contributed by atoms with E-state index < -0.39 is 15.6 Å². The molecule has 1 aliphatic carbocycles. The van der Waals surface area contributed by atoms with Gasteiger partial charge in [-0.25, -0.2) is 13.1 Å². The molecule has 0 spiro atoms. The average molecular weight is 313 g/mol. The number of sulfonamides is 1. The van der Waals surface area contributed by atoms with Crippen LogP contribution in [0.1, 0.15) is 38.5 Å². The van der Waals surface area contributed by atoms with Crippen molar-refractivity contribution in [3.63, 3.8) is 0 Å². The van der Waals surface area contributed by atoms with Crippen LogP contribution in [0.5, 0.6) is 5.75 Å². The van der Waals surface area contributed by atoms with Crippen LogP contribution in [0.3, 0.4) is 0 Å². The summed E-state index contributed by atoms with van der Waals surface area (Å²) < 4.78 is 32.4. The maximum absolute atomic E-state index is 12.4. The van der Waals surface area contributed by atoms with E-state index in [1.54, 1.807) is 18.2 Å². The molecule has 118 valence electrons. The fourth-order valence-electron chi connectivity index (χ4n) is 2.71. The van der Waals surface area contributed by atoms with Gasteiger partial charge in [-0.15, -0.1) is 0 Å². The number of rotatable bonds is 5. The van der Waals surface area contributed by atoms with E-state index in [-0.39, 0.29) is 11.4 Å². The predicted octanol–water partition coefficient (Wildman–Crippen LogP) is 2.06. The Bertz CT molecular complexity index is 563. The van der Waals surface area contributed by atoms with Gasteiger partial charge in [0.1, 0.15) is 10.6 Å². The number of hydrogen-bond acceptors (Lipinski definition) is 4. The fraction of sp³-hybridized carbons (Fsp3) is 0.600. The summed E-state index contributed by atoms with van der Waals surface area (Å²) in [6.45, 7) is 0.0490. The molecule has 0 aromatic heterocycles. The van der Waals surface area contributed by atoms with Crippen LogP contribution in [0.25, 0.3) is 0 Å². The molecule has 1 aromatic rings. The van der Waals surface area contributed by atoms with E-state index in [9.17, 15) is 13.5 Å². The maximum Gasteiger partial charge on any atom is 0.244 e. The highest BCUT2D eigenvalue weighted by molar-refractivity contribution is 7.89. The van der Waals surface area contributed by atoms with Crippen molar-refractivity contribution in [2.24, 2.45) is 0 Å². The number of ether oxygens (including phenoxy) is 1. The van der Waals surface area contributed by atoms with Gasteiger partial charge in [-0.05, 0) is 25.0 Å². The van der Waals surface area contributed by atoms with Crippen molar-refractivity contribution >= 4 is 10.0 Å². The van der Waals surface area contributed by atoms with Gasteiger partial charge in [-0.3, -0.25) is 0 Å².